The van der Waals surface area contributed by atoms with Crippen LogP contribution in [0.2, 0.25) is 0 Å². The normalized spacial score (nSPS) is 11.5. The van der Waals surface area contributed by atoms with Crippen molar-refractivity contribution >= 4 is 43.5 Å². The fraction of sp³-hybridized carbons (Fsp3) is 0. The van der Waals surface area contributed by atoms with Gasteiger partial charge in [0.2, 0.25) is 0 Å². The molecule has 0 radical (unpaired) electrons. The van der Waals surface area contributed by atoms with Gasteiger partial charge in [0.1, 0.15) is 11.2 Å². The molecule has 0 atom stereocenters. The molecule has 266 valence electrons. The van der Waals surface area contributed by atoms with Crippen molar-refractivity contribution in [3.8, 4) is 67.5 Å². The highest BCUT2D eigenvalue weighted by Crippen LogP contribution is 2.44. The molecule has 4 heteroatoms. The Labute approximate surface area is 329 Å². The fourth-order valence-corrected chi connectivity index (χ4v) is 8.29. The molecule has 0 fully saturated rings. The number of fused-ring (bicyclic) bond motifs is 5. The van der Waals surface area contributed by atoms with Gasteiger partial charge in [-0.2, -0.15) is 0 Å². The van der Waals surface area contributed by atoms with Crippen LogP contribution in [0.15, 0.2) is 205 Å². The van der Waals surface area contributed by atoms with Crippen molar-refractivity contribution in [2.75, 3.05) is 0 Å². The van der Waals surface area contributed by atoms with E-state index in [0.717, 1.165) is 44.2 Å². The van der Waals surface area contributed by atoms with Crippen LogP contribution in [0, 0.1) is 0 Å². The quantitative estimate of drug-likeness (QED) is 0.160. The maximum absolute atomic E-state index is 6.43. The van der Waals surface area contributed by atoms with Gasteiger partial charge in [0, 0.05) is 21.9 Å². The summed E-state index contributed by atoms with van der Waals surface area (Å²) in [6.45, 7) is 0. The minimum Gasteiger partial charge on any atom is -0.455 e. The number of furan rings is 1. The lowest BCUT2D eigenvalue weighted by molar-refractivity contribution is 0.669. The second-order valence-corrected chi connectivity index (χ2v) is 14.3. The highest BCUT2D eigenvalue weighted by Gasteiger charge is 2.20. The maximum Gasteiger partial charge on any atom is 0.167 e. The smallest absolute Gasteiger partial charge is 0.167 e. The van der Waals surface area contributed by atoms with Gasteiger partial charge in [-0.25, -0.2) is 15.0 Å². The Kier molecular flexibility index (Phi) is 7.78. The first-order valence-electron chi connectivity index (χ1n) is 19.2. The van der Waals surface area contributed by atoms with E-state index in [1.165, 1.54) is 49.4 Å². The Morgan fingerprint density at radius 2 is 0.719 bits per heavy atom. The molecule has 0 saturated heterocycles. The summed E-state index contributed by atoms with van der Waals surface area (Å²) in [5.74, 6) is 1.77. The molecule has 0 aliphatic rings. The van der Waals surface area contributed by atoms with Crippen LogP contribution in [0.4, 0.5) is 0 Å². The van der Waals surface area contributed by atoms with Crippen molar-refractivity contribution < 1.29 is 4.42 Å². The molecule has 11 rings (SSSR count). The molecule has 0 unspecified atom stereocenters. The van der Waals surface area contributed by atoms with Crippen LogP contribution in [0.1, 0.15) is 0 Å². The van der Waals surface area contributed by atoms with Crippen molar-refractivity contribution in [2.24, 2.45) is 0 Å². The van der Waals surface area contributed by atoms with Crippen molar-refractivity contribution in [3.63, 3.8) is 0 Å². The first-order chi connectivity index (χ1) is 28.3. The molecule has 0 N–H and O–H groups in total. The summed E-state index contributed by atoms with van der Waals surface area (Å²) >= 11 is 0. The molecule has 0 spiro atoms. The van der Waals surface area contributed by atoms with E-state index in [1.54, 1.807) is 0 Å². The highest BCUT2D eigenvalue weighted by atomic mass is 16.3. The van der Waals surface area contributed by atoms with Crippen LogP contribution >= 0.6 is 0 Å². The average molecular weight is 728 g/mol. The van der Waals surface area contributed by atoms with Gasteiger partial charge in [0.15, 0.2) is 17.5 Å². The summed E-state index contributed by atoms with van der Waals surface area (Å²) in [6.07, 6.45) is 0. The van der Waals surface area contributed by atoms with E-state index in [-0.39, 0.29) is 0 Å². The molecule has 0 amide bonds. The molecule has 2 aromatic heterocycles. The van der Waals surface area contributed by atoms with Crippen molar-refractivity contribution in [1.82, 2.24) is 15.0 Å². The van der Waals surface area contributed by atoms with Crippen LogP contribution in [-0.4, -0.2) is 15.0 Å². The Morgan fingerprint density at radius 1 is 0.281 bits per heavy atom. The van der Waals surface area contributed by atoms with Gasteiger partial charge >= 0.3 is 0 Å². The van der Waals surface area contributed by atoms with Gasteiger partial charge in [-0.05, 0) is 73.1 Å². The third-order valence-corrected chi connectivity index (χ3v) is 10.9. The van der Waals surface area contributed by atoms with Crippen molar-refractivity contribution in [2.45, 2.75) is 0 Å². The van der Waals surface area contributed by atoms with Crippen molar-refractivity contribution in [3.05, 3.63) is 200 Å². The van der Waals surface area contributed by atoms with E-state index in [4.69, 9.17) is 19.4 Å². The van der Waals surface area contributed by atoms with Gasteiger partial charge in [0.05, 0.1) is 5.56 Å². The summed E-state index contributed by atoms with van der Waals surface area (Å²) < 4.78 is 6.43. The van der Waals surface area contributed by atoms with Crippen LogP contribution in [0.5, 0.6) is 0 Å². The van der Waals surface area contributed by atoms with Crippen LogP contribution < -0.4 is 0 Å². The molecule has 9 aromatic carbocycles. The summed E-state index contributed by atoms with van der Waals surface area (Å²) in [5.41, 5.74) is 11.4. The summed E-state index contributed by atoms with van der Waals surface area (Å²) in [4.78, 5) is 15.2. The number of rotatable bonds is 6. The number of benzene rings is 9. The molecular formula is C53H33N3O. The standard InChI is InChI=1S/C53H33N3O/c1-3-15-34(16-4-1)38-19-13-20-39(33-38)49-43-24-9-7-22-41(43)48(42-23-8-10-25-44(42)49)35-29-31-37(32-30-35)52-54-51(36-17-5-2-6-18-36)55-53(56-52)46-27-14-26-45-40-21-11-12-28-47(40)57-50(45)46/h1-33H. The van der Waals surface area contributed by atoms with Crippen LogP contribution in [-0.2, 0) is 0 Å². The Balaban J connectivity index is 1.06. The highest BCUT2D eigenvalue weighted by molar-refractivity contribution is 6.21. The number of aromatic nitrogens is 3. The van der Waals surface area contributed by atoms with Gasteiger partial charge in [-0.15, -0.1) is 0 Å². The summed E-state index contributed by atoms with van der Waals surface area (Å²) in [6, 6.07) is 70.1. The average Bonchev–Trinajstić information content (AvgIpc) is 3.68. The zero-order chi connectivity index (χ0) is 37.7. The second-order valence-electron chi connectivity index (χ2n) is 14.3. The molecule has 11 aromatic rings. The molecular weight excluding hydrogens is 695 g/mol. The van der Waals surface area contributed by atoms with E-state index >= 15 is 0 Å². The first-order valence-corrected chi connectivity index (χ1v) is 19.2. The zero-order valence-corrected chi connectivity index (χ0v) is 30.8. The Bertz CT molecular complexity index is 3220. The van der Waals surface area contributed by atoms with E-state index < -0.39 is 0 Å². The molecule has 4 nitrogen and oxygen atoms in total. The maximum atomic E-state index is 6.43. The van der Waals surface area contributed by atoms with Gasteiger partial charge in [-0.1, -0.05) is 182 Å². The third-order valence-electron chi connectivity index (χ3n) is 10.9. The number of hydrogen-bond donors (Lipinski definition) is 0. The third kappa shape index (κ3) is 5.66. The van der Waals surface area contributed by atoms with Crippen LogP contribution in [0.25, 0.3) is 111 Å². The minimum atomic E-state index is 0.566. The number of para-hydroxylation sites is 2. The minimum absolute atomic E-state index is 0.566. The number of hydrogen-bond acceptors (Lipinski definition) is 4. The SMILES string of the molecule is c1ccc(-c2cccc(-c3c4ccccc4c(-c4ccc(-c5nc(-c6ccccc6)nc(-c6cccc7c6oc6ccccc67)n5)cc4)c4ccccc34)c2)cc1. The molecule has 0 saturated carbocycles. The summed E-state index contributed by atoms with van der Waals surface area (Å²) in [7, 11) is 0. The molecule has 0 bridgehead atoms. The molecule has 2 heterocycles. The van der Waals surface area contributed by atoms with E-state index in [2.05, 4.69) is 140 Å². The lowest BCUT2D eigenvalue weighted by Crippen LogP contribution is -2.00. The van der Waals surface area contributed by atoms with Gasteiger partial charge in [0.25, 0.3) is 0 Å². The fourth-order valence-electron chi connectivity index (χ4n) is 8.29. The monoisotopic (exact) mass is 727 g/mol. The van der Waals surface area contributed by atoms with Crippen molar-refractivity contribution in [1.29, 1.82) is 0 Å². The second kappa shape index (κ2) is 13.6. The predicted octanol–water partition coefficient (Wildman–Crippen LogP) is 14.1. The molecule has 0 aliphatic carbocycles. The number of nitrogens with zero attached hydrogens (tertiary/aromatic N) is 3. The Hall–Kier alpha value is -7.69. The van der Waals surface area contributed by atoms with Crippen LogP contribution in [0.3, 0.4) is 0 Å². The first kappa shape index (κ1) is 32.7. The zero-order valence-electron chi connectivity index (χ0n) is 30.8. The lowest BCUT2D eigenvalue weighted by atomic mass is 9.85. The van der Waals surface area contributed by atoms with Gasteiger partial charge < -0.3 is 4.42 Å². The molecule has 57 heavy (non-hydrogen) atoms. The van der Waals surface area contributed by atoms with E-state index in [1.807, 2.05) is 60.7 Å². The predicted molar refractivity (Wildman–Crippen MR) is 235 cm³/mol. The summed E-state index contributed by atoms with van der Waals surface area (Å²) in [5, 5.41) is 6.94. The lowest BCUT2D eigenvalue weighted by Gasteiger charge is -2.18. The van der Waals surface area contributed by atoms with E-state index in [9.17, 15) is 0 Å². The van der Waals surface area contributed by atoms with E-state index in [0.29, 0.717) is 17.5 Å². The topological polar surface area (TPSA) is 51.8 Å². The largest absolute Gasteiger partial charge is 0.455 e. The van der Waals surface area contributed by atoms with Gasteiger partial charge in [-0.3, -0.25) is 0 Å². The molecule has 0 aliphatic heterocycles. The Morgan fingerprint density at radius 3 is 1.37 bits per heavy atom.